The van der Waals surface area contributed by atoms with Gasteiger partial charge >= 0.3 is 5.97 Å². The van der Waals surface area contributed by atoms with Gasteiger partial charge in [0.05, 0.1) is 7.11 Å². The molecule has 1 saturated heterocycles. The predicted octanol–water partition coefficient (Wildman–Crippen LogP) is 4.26. The Morgan fingerprint density at radius 1 is 1.36 bits per heavy atom. The average Bonchev–Trinajstić information content (AvgIpc) is 3.04. The summed E-state index contributed by atoms with van der Waals surface area (Å²) in [5.41, 5.74) is 5.68. The normalized spacial score (nSPS) is 27.3. The second-order valence-corrected chi connectivity index (χ2v) is 7.62. The minimum Gasteiger partial charge on any atom is -0.469 e. The molecule has 0 spiro atoms. The lowest BCUT2D eigenvalue weighted by atomic mass is 9.68. The Hall–Kier alpha value is -1.97. The molecule has 4 nitrogen and oxygen atoms in total. The lowest BCUT2D eigenvalue weighted by Gasteiger charge is -2.50. The number of carbonyl (C=O) groups is 1. The largest absolute Gasteiger partial charge is 0.469 e. The first-order valence-electron chi connectivity index (χ1n) is 9.61. The van der Waals surface area contributed by atoms with Crippen molar-refractivity contribution < 1.29 is 9.53 Å². The number of rotatable bonds is 4. The fraction of sp³-hybridized carbons (Fsp3) is 0.571. The van der Waals surface area contributed by atoms with Gasteiger partial charge in [0.1, 0.15) is 0 Å². The number of hydrogen-bond donors (Lipinski definition) is 1. The monoisotopic (exact) mass is 340 g/mol. The van der Waals surface area contributed by atoms with Crippen molar-refractivity contribution in [1.29, 1.82) is 0 Å². The Bertz CT molecular complexity index is 712. The van der Waals surface area contributed by atoms with Crippen LogP contribution in [0.1, 0.15) is 56.9 Å². The van der Waals surface area contributed by atoms with Gasteiger partial charge in [-0.3, -0.25) is 4.79 Å². The van der Waals surface area contributed by atoms with E-state index in [-0.39, 0.29) is 11.4 Å². The number of piperidine rings is 1. The zero-order valence-corrected chi connectivity index (χ0v) is 15.3. The Labute approximate surface area is 150 Å². The van der Waals surface area contributed by atoms with E-state index < -0.39 is 0 Å². The fourth-order valence-electron chi connectivity index (χ4n) is 5.17. The van der Waals surface area contributed by atoms with E-state index in [0.29, 0.717) is 12.3 Å². The molecule has 1 aromatic rings. The van der Waals surface area contributed by atoms with Crippen LogP contribution in [-0.4, -0.2) is 31.1 Å². The highest BCUT2D eigenvalue weighted by molar-refractivity contribution is 5.69. The Morgan fingerprint density at radius 2 is 2.20 bits per heavy atom. The van der Waals surface area contributed by atoms with Gasteiger partial charge in [0.15, 0.2) is 0 Å². The van der Waals surface area contributed by atoms with E-state index in [9.17, 15) is 4.79 Å². The quantitative estimate of drug-likeness (QED) is 0.832. The van der Waals surface area contributed by atoms with Gasteiger partial charge in [-0.2, -0.15) is 0 Å². The van der Waals surface area contributed by atoms with Gasteiger partial charge in [-0.15, -0.1) is 0 Å². The average molecular weight is 340 g/mol. The molecule has 1 aromatic carbocycles. The number of para-hydroxylation sites is 1. The molecule has 25 heavy (non-hydrogen) atoms. The van der Waals surface area contributed by atoms with Crippen molar-refractivity contribution >= 4 is 11.7 Å². The molecule has 0 radical (unpaired) electrons. The van der Waals surface area contributed by atoms with E-state index in [1.54, 1.807) is 0 Å². The lowest BCUT2D eigenvalue weighted by molar-refractivity contribution is -0.141. The molecule has 4 heteroatoms. The highest BCUT2D eigenvalue weighted by Gasteiger charge is 2.46. The third-order valence-electron chi connectivity index (χ3n) is 6.51. The summed E-state index contributed by atoms with van der Waals surface area (Å²) in [5.74, 6) is 0.398. The summed E-state index contributed by atoms with van der Waals surface area (Å²) < 4.78 is 4.92. The molecule has 0 amide bonds. The summed E-state index contributed by atoms with van der Waals surface area (Å²) >= 11 is 0. The molecule has 0 bridgehead atoms. The van der Waals surface area contributed by atoms with Crippen LogP contribution >= 0.6 is 0 Å². The summed E-state index contributed by atoms with van der Waals surface area (Å²) in [6, 6.07) is 8.71. The van der Waals surface area contributed by atoms with Crippen molar-refractivity contribution in [3.8, 4) is 0 Å². The van der Waals surface area contributed by atoms with E-state index in [0.717, 1.165) is 25.9 Å². The third-order valence-corrected chi connectivity index (χ3v) is 6.51. The maximum Gasteiger partial charge on any atom is 0.305 e. The minimum absolute atomic E-state index is 0.0921. The van der Waals surface area contributed by atoms with Crippen molar-refractivity contribution in [1.82, 2.24) is 4.90 Å². The Morgan fingerprint density at radius 3 is 3.00 bits per heavy atom. The molecule has 3 heterocycles. The molecule has 134 valence electrons. The number of hydrogen-bond acceptors (Lipinski definition) is 4. The van der Waals surface area contributed by atoms with Crippen LogP contribution in [0.4, 0.5) is 5.69 Å². The van der Waals surface area contributed by atoms with Gasteiger partial charge in [0.25, 0.3) is 0 Å². The molecule has 0 aromatic heterocycles. The molecule has 2 atom stereocenters. The first-order chi connectivity index (χ1) is 12.2. The third kappa shape index (κ3) is 2.62. The Kier molecular flexibility index (Phi) is 4.22. The summed E-state index contributed by atoms with van der Waals surface area (Å²) in [4.78, 5) is 14.4. The molecule has 1 N–H and O–H groups in total. The van der Waals surface area contributed by atoms with Gasteiger partial charge in [-0.05, 0) is 43.7 Å². The first kappa shape index (κ1) is 16.5. The van der Waals surface area contributed by atoms with Crippen molar-refractivity contribution in [2.45, 2.75) is 51.4 Å². The van der Waals surface area contributed by atoms with Crippen molar-refractivity contribution in [3.05, 3.63) is 41.2 Å². The van der Waals surface area contributed by atoms with Crippen LogP contribution in [0.15, 0.2) is 35.7 Å². The Balaban J connectivity index is 1.75. The van der Waals surface area contributed by atoms with Gasteiger partial charge in [-0.25, -0.2) is 0 Å². The number of fused-ring (bicyclic) bond motifs is 4. The lowest BCUT2D eigenvalue weighted by Crippen LogP contribution is -2.45. The van der Waals surface area contributed by atoms with E-state index in [4.69, 9.17) is 4.74 Å². The molecule has 3 aliphatic heterocycles. The topological polar surface area (TPSA) is 41.6 Å². The smallest absolute Gasteiger partial charge is 0.305 e. The molecule has 0 aliphatic carbocycles. The number of nitrogens with one attached hydrogen (secondary N) is 1. The van der Waals surface area contributed by atoms with Crippen molar-refractivity contribution in [2.24, 2.45) is 5.41 Å². The number of methoxy groups -OCH3 is 1. The minimum atomic E-state index is -0.0921. The number of anilines is 1. The number of nitrogens with zero attached hydrogens (tertiary/aromatic N) is 1. The number of esters is 1. The summed E-state index contributed by atoms with van der Waals surface area (Å²) in [6.45, 7) is 4.54. The van der Waals surface area contributed by atoms with E-state index in [1.165, 1.54) is 49.0 Å². The number of carbonyl (C=O) groups excluding carboxylic acids is 1. The van der Waals surface area contributed by atoms with Crippen LogP contribution in [0, 0.1) is 5.41 Å². The van der Waals surface area contributed by atoms with Gasteiger partial charge in [0, 0.05) is 47.9 Å². The summed E-state index contributed by atoms with van der Waals surface area (Å²) in [5, 5.41) is 3.75. The van der Waals surface area contributed by atoms with Gasteiger partial charge in [-0.1, -0.05) is 25.1 Å². The maximum atomic E-state index is 11.8. The molecule has 1 fully saturated rings. The first-order valence-corrected chi connectivity index (χ1v) is 9.61. The molecule has 0 saturated carbocycles. The van der Waals surface area contributed by atoms with Gasteiger partial charge < -0.3 is 15.0 Å². The van der Waals surface area contributed by atoms with Crippen LogP contribution in [0.3, 0.4) is 0 Å². The highest BCUT2D eigenvalue weighted by atomic mass is 16.5. The second-order valence-electron chi connectivity index (χ2n) is 7.62. The zero-order valence-electron chi connectivity index (χ0n) is 15.3. The highest BCUT2D eigenvalue weighted by Crippen LogP contribution is 2.54. The number of ether oxygens (including phenoxy) is 1. The van der Waals surface area contributed by atoms with Crippen molar-refractivity contribution in [3.63, 3.8) is 0 Å². The van der Waals surface area contributed by atoms with Crippen LogP contribution in [0.25, 0.3) is 0 Å². The number of benzene rings is 1. The van der Waals surface area contributed by atoms with Crippen LogP contribution in [0.5, 0.6) is 0 Å². The zero-order chi connectivity index (χ0) is 17.4. The molecular formula is C21H28N2O2. The predicted molar refractivity (Wildman–Crippen MR) is 99.2 cm³/mol. The van der Waals surface area contributed by atoms with E-state index >= 15 is 0 Å². The van der Waals surface area contributed by atoms with Gasteiger partial charge in [0.2, 0.25) is 0 Å². The molecular weight excluding hydrogens is 312 g/mol. The summed E-state index contributed by atoms with van der Waals surface area (Å²) in [6.07, 6.45) is 6.02. The van der Waals surface area contributed by atoms with Crippen molar-refractivity contribution in [2.75, 3.05) is 25.5 Å². The van der Waals surface area contributed by atoms with Crippen LogP contribution < -0.4 is 5.32 Å². The molecule has 2 unspecified atom stereocenters. The fourth-order valence-corrected chi connectivity index (χ4v) is 5.17. The molecule has 3 aliphatic rings. The standard InChI is InChI=1S/C21H28N2O2/c1-3-21(12-9-18(24)25-2)11-6-13-23-14-10-16-15-7-4-5-8-17(15)22-19(16)20(21)23/h4-5,7-8,16,22H,3,6,9-14H2,1-2H3. The molecule has 4 rings (SSSR count). The SMILES string of the molecule is CCC1(CCC(=O)OC)CCCN2CCC3C(=C21)Nc1ccccc13. The van der Waals surface area contributed by atoms with Crippen LogP contribution in [0.2, 0.25) is 0 Å². The number of allylic oxidation sites excluding steroid dienone is 2. The van der Waals surface area contributed by atoms with Crippen LogP contribution in [-0.2, 0) is 9.53 Å². The van der Waals surface area contributed by atoms with E-state index in [2.05, 4.69) is 41.4 Å². The maximum absolute atomic E-state index is 11.8. The summed E-state index contributed by atoms with van der Waals surface area (Å²) in [7, 11) is 1.49. The second kappa shape index (κ2) is 6.40. The van der Waals surface area contributed by atoms with E-state index in [1.807, 2.05) is 0 Å².